The molecule has 0 aromatic heterocycles. The van der Waals surface area contributed by atoms with Crippen LogP contribution in [0.5, 0.6) is 5.75 Å². The maximum Gasteiger partial charge on any atom is 0.123 e. The molecule has 0 bridgehead atoms. The molecule has 0 amide bonds. The summed E-state index contributed by atoms with van der Waals surface area (Å²) in [7, 11) is 1.74. The lowest BCUT2D eigenvalue weighted by molar-refractivity contribution is 0.190. The summed E-state index contributed by atoms with van der Waals surface area (Å²) in [6.07, 6.45) is 5.31. The van der Waals surface area contributed by atoms with Crippen molar-refractivity contribution in [2.75, 3.05) is 20.2 Å². The number of methoxy groups -OCH3 is 1. The van der Waals surface area contributed by atoms with Crippen LogP contribution in [-0.2, 0) is 13.0 Å². The molecular weight excluding hydrogens is 367 g/mol. The molecule has 1 aliphatic heterocycles. The summed E-state index contributed by atoms with van der Waals surface area (Å²) in [5.41, 5.74) is 2.64. The Morgan fingerprint density at radius 2 is 1.62 bits per heavy atom. The molecule has 0 saturated carbocycles. The minimum Gasteiger partial charge on any atom is -0.496 e. The van der Waals surface area contributed by atoms with Crippen LogP contribution in [0.15, 0.2) is 54.6 Å². The smallest absolute Gasteiger partial charge is 0.123 e. The van der Waals surface area contributed by atoms with E-state index in [-0.39, 0.29) is 24.8 Å². The zero-order chi connectivity index (χ0) is 16.6. The number of aryl methyl sites for hydroxylation is 1. The Balaban J connectivity index is 0.00000169. The number of hydrogen-bond acceptors (Lipinski definition) is 3. The topological polar surface area (TPSA) is 24.5 Å². The van der Waals surface area contributed by atoms with Crippen molar-refractivity contribution in [3.63, 3.8) is 0 Å². The Bertz CT molecular complexity index is 618. The number of rotatable bonds is 8. The van der Waals surface area contributed by atoms with Crippen molar-refractivity contribution in [1.82, 2.24) is 10.2 Å². The molecule has 26 heavy (non-hydrogen) atoms. The first-order chi connectivity index (χ1) is 11.9. The summed E-state index contributed by atoms with van der Waals surface area (Å²) in [4.78, 5) is 2.60. The Hall–Kier alpha value is -1.26. The fourth-order valence-corrected chi connectivity index (χ4v) is 3.49. The average molecular weight is 397 g/mol. The van der Waals surface area contributed by atoms with Crippen LogP contribution < -0.4 is 10.1 Å². The number of halogens is 2. The summed E-state index contributed by atoms with van der Waals surface area (Å²) in [6, 6.07) is 19.1. The second kappa shape index (κ2) is 12.2. The molecule has 0 spiro atoms. The van der Waals surface area contributed by atoms with Crippen molar-refractivity contribution in [3.8, 4) is 5.75 Å². The number of likely N-dealkylation sites (tertiary alicyclic amines) is 1. The quantitative estimate of drug-likeness (QED) is 0.700. The first kappa shape index (κ1) is 22.8. The molecule has 1 fully saturated rings. The van der Waals surface area contributed by atoms with E-state index in [1.165, 1.54) is 37.1 Å². The molecule has 0 radical (unpaired) electrons. The summed E-state index contributed by atoms with van der Waals surface area (Å²) < 4.78 is 5.48. The number of ether oxygens (including phenoxy) is 1. The monoisotopic (exact) mass is 396 g/mol. The summed E-state index contributed by atoms with van der Waals surface area (Å²) >= 11 is 0. The zero-order valence-electron chi connectivity index (χ0n) is 15.4. The van der Waals surface area contributed by atoms with Gasteiger partial charge in [-0.15, -0.1) is 24.8 Å². The molecule has 1 saturated heterocycles. The normalized spacial score (nSPS) is 15.0. The third-order valence-corrected chi connectivity index (χ3v) is 4.85. The molecule has 1 N–H and O–H groups in total. The van der Waals surface area contributed by atoms with Gasteiger partial charge in [0.2, 0.25) is 0 Å². The van der Waals surface area contributed by atoms with Gasteiger partial charge in [-0.1, -0.05) is 48.5 Å². The van der Waals surface area contributed by atoms with E-state index in [0.717, 1.165) is 25.1 Å². The van der Waals surface area contributed by atoms with Crippen LogP contribution in [0.4, 0.5) is 0 Å². The highest BCUT2D eigenvalue weighted by Crippen LogP contribution is 2.19. The van der Waals surface area contributed by atoms with Gasteiger partial charge in [-0.2, -0.15) is 0 Å². The molecule has 0 unspecified atom stereocenters. The zero-order valence-corrected chi connectivity index (χ0v) is 17.0. The second-order valence-corrected chi connectivity index (χ2v) is 6.48. The van der Waals surface area contributed by atoms with Gasteiger partial charge in [0, 0.05) is 12.1 Å². The standard InChI is InChI=1S/C21H28N2O.2ClH/c1-24-20-12-6-5-11-19(20)17-22-21(23-15-7-8-16-23)14-13-18-9-3-2-4-10-18;;/h2-6,9-12,21-22H,7-8,13-17H2,1H3;2*1H/t21-;;/m0../s1. The van der Waals surface area contributed by atoms with E-state index in [1.54, 1.807) is 7.11 Å². The molecule has 1 heterocycles. The molecule has 2 aromatic carbocycles. The van der Waals surface area contributed by atoms with Gasteiger partial charge in [0.05, 0.1) is 13.3 Å². The van der Waals surface area contributed by atoms with Gasteiger partial charge in [0.25, 0.3) is 0 Å². The lowest BCUT2D eigenvalue weighted by Gasteiger charge is -2.29. The second-order valence-electron chi connectivity index (χ2n) is 6.48. The van der Waals surface area contributed by atoms with Crippen LogP contribution in [0.1, 0.15) is 30.4 Å². The first-order valence-corrected chi connectivity index (χ1v) is 9.00. The minimum atomic E-state index is 0. The summed E-state index contributed by atoms with van der Waals surface area (Å²) in [6.45, 7) is 3.26. The van der Waals surface area contributed by atoms with E-state index in [9.17, 15) is 0 Å². The predicted octanol–water partition coefficient (Wildman–Crippen LogP) is 4.68. The maximum absolute atomic E-state index is 5.48. The molecule has 0 aliphatic carbocycles. The Labute approximate surface area is 169 Å². The van der Waals surface area contributed by atoms with Crippen LogP contribution in [0.25, 0.3) is 0 Å². The highest BCUT2D eigenvalue weighted by Gasteiger charge is 2.21. The molecule has 144 valence electrons. The van der Waals surface area contributed by atoms with Crippen molar-refractivity contribution < 1.29 is 4.74 Å². The number of nitrogens with one attached hydrogen (secondary N) is 1. The third kappa shape index (κ3) is 6.48. The van der Waals surface area contributed by atoms with Gasteiger partial charge >= 0.3 is 0 Å². The molecular formula is C21H30Cl2N2O. The minimum absolute atomic E-state index is 0. The van der Waals surface area contributed by atoms with Crippen molar-refractivity contribution in [1.29, 1.82) is 0 Å². The number of para-hydroxylation sites is 1. The van der Waals surface area contributed by atoms with Gasteiger partial charge in [-0.3, -0.25) is 10.2 Å². The Morgan fingerprint density at radius 1 is 0.962 bits per heavy atom. The van der Waals surface area contributed by atoms with Gasteiger partial charge in [0.15, 0.2) is 0 Å². The van der Waals surface area contributed by atoms with Crippen molar-refractivity contribution in [2.45, 2.75) is 38.4 Å². The Kier molecular flexibility index (Phi) is 10.7. The van der Waals surface area contributed by atoms with Crippen LogP contribution in [0.2, 0.25) is 0 Å². The van der Waals surface area contributed by atoms with Crippen LogP contribution in [0, 0.1) is 0 Å². The van der Waals surface area contributed by atoms with Crippen molar-refractivity contribution in [2.24, 2.45) is 0 Å². The van der Waals surface area contributed by atoms with Gasteiger partial charge < -0.3 is 4.74 Å². The van der Waals surface area contributed by atoms with Crippen LogP contribution in [0.3, 0.4) is 0 Å². The van der Waals surface area contributed by atoms with E-state index in [4.69, 9.17) is 4.74 Å². The third-order valence-electron chi connectivity index (χ3n) is 4.85. The number of benzene rings is 2. The van der Waals surface area contributed by atoms with E-state index in [2.05, 4.69) is 52.7 Å². The Morgan fingerprint density at radius 3 is 2.31 bits per heavy atom. The summed E-state index contributed by atoms with van der Waals surface area (Å²) in [5, 5.41) is 3.77. The fraction of sp³-hybridized carbons (Fsp3) is 0.429. The van der Waals surface area contributed by atoms with Gasteiger partial charge in [-0.05, 0) is 50.4 Å². The van der Waals surface area contributed by atoms with E-state index >= 15 is 0 Å². The first-order valence-electron chi connectivity index (χ1n) is 9.00. The largest absolute Gasteiger partial charge is 0.496 e. The molecule has 3 rings (SSSR count). The van der Waals surface area contributed by atoms with E-state index < -0.39 is 0 Å². The predicted molar refractivity (Wildman–Crippen MR) is 114 cm³/mol. The lowest BCUT2D eigenvalue weighted by atomic mass is 10.1. The molecule has 5 heteroatoms. The van der Waals surface area contributed by atoms with Gasteiger partial charge in [0.1, 0.15) is 5.75 Å². The molecule has 2 aromatic rings. The average Bonchev–Trinajstić information content (AvgIpc) is 3.17. The molecule has 1 atom stereocenters. The highest BCUT2D eigenvalue weighted by molar-refractivity contribution is 5.85. The highest BCUT2D eigenvalue weighted by atomic mass is 35.5. The number of hydrogen-bond donors (Lipinski definition) is 1. The summed E-state index contributed by atoms with van der Waals surface area (Å²) in [5.74, 6) is 0.966. The lowest BCUT2D eigenvalue weighted by Crippen LogP contribution is -2.44. The fourth-order valence-electron chi connectivity index (χ4n) is 3.49. The molecule has 1 aliphatic rings. The van der Waals surface area contributed by atoms with Crippen molar-refractivity contribution >= 4 is 24.8 Å². The maximum atomic E-state index is 5.48. The van der Waals surface area contributed by atoms with E-state index in [1.807, 2.05) is 12.1 Å². The van der Waals surface area contributed by atoms with Crippen LogP contribution in [-0.4, -0.2) is 31.3 Å². The SMILES string of the molecule is COc1ccccc1CN[C@H](CCc1ccccc1)N1CCCC1.Cl.Cl. The number of nitrogens with zero attached hydrogens (tertiary/aromatic N) is 1. The van der Waals surface area contributed by atoms with E-state index in [0.29, 0.717) is 6.17 Å². The van der Waals surface area contributed by atoms with Gasteiger partial charge in [-0.25, -0.2) is 0 Å². The van der Waals surface area contributed by atoms with Crippen LogP contribution >= 0.6 is 24.8 Å². The molecule has 3 nitrogen and oxygen atoms in total. The van der Waals surface area contributed by atoms with Crippen molar-refractivity contribution in [3.05, 3.63) is 65.7 Å².